The fraction of sp³-hybridized carbons (Fsp3) is 0.273. The molecule has 0 aliphatic rings. The van der Waals surface area contributed by atoms with Crippen molar-refractivity contribution in [1.82, 2.24) is 9.97 Å². The first kappa shape index (κ1) is 13.3. The maximum atomic E-state index is 8.77. The molecule has 0 aliphatic heterocycles. The molecular formula is C11H13BrN4OS. The van der Waals surface area contributed by atoms with E-state index in [4.69, 9.17) is 5.11 Å². The summed E-state index contributed by atoms with van der Waals surface area (Å²) in [5, 5.41) is 12.9. The number of aromatic nitrogens is 2. The molecule has 2 N–H and O–H groups in total. The van der Waals surface area contributed by atoms with Crippen molar-refractivity contribution in [3.63, 3.8) is 0 Å². The van der Waals surface area contributed by atoms with E-state index in [0.717, 1.165) is 14.6 Å². The van der Waals surface area contributed by atoms with Crippen LogP contribution in [0.4, 0.5) is 16.6 Å². The number of nitrogens with one attached hydrogen (secondary N) is 1. The highest BCUT2D eigenvalue weighted by atomic mass is 79.9. The molecule has 0 saturated carbocycles. The number of halogens is 1. The number of aliphatic hydroxyl groups excluding tert-OH is 1. The minimum Gasteiger partial charge on any atom is -0.395 e. The van der Waals surface area contributed by atoms with Crippen LogP contribution in [0, 0.1) is 0 Å². The van der Waals surface area contributed by atoms with Gasteiger partial charge in [0, 0.05) is 19.7 Å². The Hall–Kier alpha value is -1.18. The van der Waals surface area contributed by atoms with Crippen LogP contribution < -0.4 is 10.2 Å². The van der Waals surface area contributed by atoms with E-state index in [0.29, 0.717) is 12.4 Å². The van der Waals surface area contributed by atoms with E-state index in [9.17, 15) is 0 Å². The Morgan fingerprint density at radius 3 is 2.94 bits per heavy atom. The van der Waals surface area contributed by atoms with Crippen LogP contribution in [-0.4, -0.2) is 35.3 Å². The SMILES string of the molecule is CN(c1cc(NCCO)ncn1)c1ccc(Br)s1. The van der Waals surface area contributed by atoms with Gasteiger partial charge in [-0.1, -0.05) is 0 Å². The Kier molecular flexibility index (Phi) is 4.51. The second-order valence-electron chi connectivity index (χ2n) is 3.55. The van der Waals surface area contributed by atoms with Gasteiger partial charge >= 0.3 is 0 Å². The molecule has 96 valence electrons. The number of hydrogen-bond acceptors (Lipinski definition) is 6. The molecule has 0 spiro atoms. The van der Waals surface area contributed by atoms with Crippen molar-refractivity contribution in [2.24, 2.45) is 0 Å². The lowest BCUT2D eigenvalue weighted by Crippen LogP contribution is -2.12. The number of aliphatic hydroxyl groups is 1. The van der Waals surface area contributed by atoms with Crippen LogP contribution in [0.2, 0.25) is 0 Å². The summed E-state index contributed by atoms with van der Waals surface area (Å²) in [6, 6.07) is 5.88. The van der Waals surface area contributed by atoms with Crippen LogP contribution >= 0.6 is 27.3 Å². The summed E-state index contributed by atoms with van der Waals surface area (Å²) < 4.78 is 1.08. The molecule has 0 saturated heterocycles. The van der Waals surface area contributed by atoms with Gasteiger partial charge in [-0.3, -0.25) is 0 Å². The molecule has 2 aromatic rings. The minimum atomic E-state index is 0.0764. The molecule has 0 unspecified atom stereocenters. The van der Waals surface area contributed by atoms with Gasteiger partial charge in [0.15, 0.2) is 0 Å². The Morgan fingerprint density at radius 2 is 2.28 bits per heavy atom. The lowest BCUT2D eigenvalue weighted by Gasteiger charge is -2.16. The van der Waals surface area contributed by atoms with Crippen LogP contribution in [0.5, 0.6) is 0 Å². The molecule has 0 fully saturated rings. The molecule has 2 heterocycles. The molecule has 0 aromatic carbocycles. The van der Waals surface area contributed by atoms with Gasteiger partial charge in [-0.15, -0.1) is 11.3 Å². The lowest BCUT2D eigenvalue weighted by molar-refractivity contribution is 0.311. The van der Waals surface area contributed by atoms with E-state index in [1.807, 2.05) is 30.1 Å². The first-order valence-electron chi connectivity index (χ1n) is 5.36. The molecule has 18 heavy (non-hydrogen) atoms. The van der Waals surface area contributed by atoms with Crippen LogP contribution in [-0.2, 0) is 0 Å². The summed E-state index contributed by atoms with van der Waals surface area (Å²) in [5.41, 5.74) is 0. The van der Waals surface area contributed by atoms with Gasteiger partial charge in [0.1, 0.15) is 18.0 Å². The number of thiophene rings is 1. The normalized spacial score (nSPS) is 10.4. The molecule has 2 rings (SSSR count). The van der Waals surface area contributed by atoms with Crippen molar-refractivity contribution >= 4 is 43.9 Å². The third-order valence-corrected chi connectivity index (χ3v) is 4.00. The molecular weight excluding hydrogens is 316 g/mol. The van der Waals surface area contributed by atoms with Gasteiger partial charge in [0.05, 0.1) is 15.4 Å². The highest BCUT2D eigenvalue weighted by molar-refractivity contribution is 9.11. The zero-order valence-corrected chi connectivity index (χ0v) is 12.2. The van der Waals surface area contributed by atoms with Gasteiger partial charge in [0.2, 0.25) is 0 Å². The van der Waals surface area contributed by atoms with Crippen LogP contribution in [0.25, 0.3) is 0 Å². The zero-order valence-electron chi connectivity index (χ0n) is 9.80. The molecule has 5 nitrogen and oxygen atoms in total. The standard InChI is InChI=1S/C11H13BrN4OS/c1-16(11-3-2-8(12)18-11)10-6-9(13-4-5-17)14-7-15-10/h2-3,6-7,17H,4-5H2,1H3,(H,13,14,15). The highest BCUT2D eigenvalue weighted by Gasteiger charge is 2.08. The largest absolute Gasteiger partial charge is 0.395 e. The van der Waals surface area contributed by atoms with E-state index < -0.39 is 0 Å². The second-order valence-corrected chi connectivity index (χ2v) is 5.99. The number of anilines is 3. The Bertz CT molecular complexity index is 519. The summed E-state index contributed by atoms with van der Waals surface area (Å²) in [6.45, 7) is 0.553. The molecule has 0 bridgehead atoms. The molecule has 2 aromatic heterocycles. The predicted octanol–water partition coefficient (Wildman–Crippen LogP) is 2.47. The van der Waals surface area contributed by atoms with Crippen molar-refractivity contribution in [3.05, 3.63) is 28.3 Å². The van der Waals surface area contributed by atoms with Gasteiger partial charge in [-0.05, 0) is 28.1 Å². The van der Waals surface area contributed by atoms with Crippen molar-refractivity contribution in [3.8, 4) is 0 Å². The van der Waals surface area contributed by atoms with Gasteiger partial charge in [0.25, 0.3) is 0 Å². The van der Waals surface area contributed by atoms with Gasteiger partial charge in [-0.25, -0.2) is 9.97 Å². The smallest absolute Gasteiger partial charge is 0.138 e. The number of nitrogens with zero attached hydrogens (tertiary/aromatic N) is 3. The molecule has 0 atom stereocenters. The summed E-state index contributed by atoms with van der Waals surface area (Å²) in [7, 11) is 1.95. The van der Waals surface area contributed by atoms with E-state index in [-0.39, 0.29) is 6.61 Å². The molecule has 0 amide bonds. The Morgan fingerprint density at radius 1 is 1.44 bits per heavy atom. The van der Waals surface area contributed by atoms with Crippen molar-refractivity contribution in [2.75, 3.05) is 30.4 Å². The average Bonchev–Trinajstić information content (AvgIpc) is 2.82. The first-order valence-corrected chi connectivity index (χ1v) is 6.97. The van der Waals surface area contributed by atoms with Crippen molar-refractivity contribution in [1.29, 1.82) is 0 Å². The van der Waals surface area contributed by atoms with Crippen LogP contribution in [0.1, 0.15) is 0 Å². The van der Waals surface area contributed by atoms with Crippen LogP contribution in [0.15, 0.2) is 28.3 Å². The lowest BCUT2D eigenvalue weighted by atomic mass is 10.4. The van der Waals surface area contributed by atoms with E-state index in [2.05, 4.69) is 31.2 Å². The molecule has 0 aliphatic carbocycles. The van der Waals surface area contributed by atoms with E-state index >= 15 is 0 Å². The van der Waals surface area contributed by atoms with E-state index in [1.165, 1.54) is 6.33 Å². The summed E-state index contributed by atoms with van der Waals surface area (Å²) in [5.74, 6) is 1.51. The summed E-state index contributed by atoms with van der Waals surface area (Å²) >= 11 is 5.08. The van der Waals surface area contributed by atoms with Gasteiger partial charge < -0.3 is 15.3 Å². The topological polar surface area (TPSA) is 61.3 Å². The number of hydrogen-bond donors (Lipinski definition) is 2. The maximum Gasteiger partial charge on any atom is 0.138 e. The summed E-state index contributed by atoms with van der Waals surface area (Å²) in [4.78, 5) is 10.3. The monoisotopic (exact) mass is 328 g/mol. The first-order chi connectivity index (χ1) is 8.70. The van der Waals surface area contributed by atoms with Crippen molar-refractivity contribution < 1.29 is 5.11 Å². The molecule has 7 heteroatoms. The molecule has 0 radical (unpaired) electrons. The fourth-order valence-corrected chi connectivity index (χ4v) is 2.74. The highest BCUT2D eigenvalue weighted by Crippen LogP contribution is 2.32. The zero-order chi connectivity index (χ0) is 13.0. The Labute approximate surface area is 118 Å². The third kappa shape index (κ3) is 3.18. The van der Waals surface area contributed by atoms with E-state index in [1.54, 1.807) is 11.3 Å². The quantitative estimate of drug-likeness (QED) is 0.882. The fourth-order valence-electron chi connectivity index (χ4n) is 1.41. The van der Waals surface area contributed by atoms with Crippen molar-refractivity contribution in [2.45, 2.75) is 0 Å². The van der Waals surface area contributed by atoms with Gasteiger partial charge in [-0.2, -0.15) is 0 Å². The maximum absolute atomic E-state index is 8.77. The number of rotatable bonds is 5. The minimum absolute atomic E-state index is 0.0764. The Balaban J connectivity index is 2.17. The second kappa shape index (κ2) is 6.12. The van der Waals surface area contributed by atoms with Crippen LogP contribution in [0.3, 0.4) is 0 Å². The predicted molar refractivity (Wildman–Crippen MR) is 77.7 cm³/mol. The average molecular weight is 329 g/mol. The third-order valence-electron chi connectivity index (χ3n) is 2.30. The summed E-state index contributed by atoms with van der Waals surface area (Å²) in [6.07, 6.45) is 1.51.